The van der Waals surface area contributed by atoms with Gasteiger partial charge in [0.2, 0.25) is 0 Å². The Morgan fingerprint density at radius 2 is 1.92 bits per heavy atom. The molecule has 0 atom stereocenters. The van der Waals surface area contributed by atoms with Crippen LogP contribution in [0.15, 0.2) is 47.3 Å². The molecule has 0 radical (unpaired) electrons. The van der Waals surface area contributed by atoms with E-state index in [1.807, 2.05) is 0 Å². The number of carbonyl (C=O) groups is 1. The molecular formula is C16H11F3N4O3. The number of aromatic nitrogens is 3. The number of carbonyl (C=O) groups excluding carboxylic acids is 1. The van der Waals surface area contributed by atoms with Crippen molar-refractivity contribution in [1.82, 2.24) is 15.2 Å². The molecule has 0 aliphatic heterocycles. The third-order valence-electron chi connectivity index (χ3n) is 3.46. The first kappa shape index (κ1) is 17.3. The van der Waals surface area contributed by atoms with E-state index in [1.54, 1.807) is 12.1 Å². The van der Waals surface area contributed by atoms with E-state index in [-0.39, 0.29) is 11.5 Å². The van der Waals surface area contributed by atoms with Gasteiger partial charge in [0.05, 0.1) is 11.1 Å². The van der Waals surface area contributed by atoms with E-state index in [2.05, 4.69) is 20.5 Å². The molecule has 7 nitrogen and oxygen atoms in total. The van der Waals surface area contributed by atoms with Gasteiger partial charge in [-0.05, 0) is 30.3 Å². The van der Waals surface area contributed by atoms with Gasteiger partial charge in [0.15, 0.2) is 5.82 Å². The van der Waals surface area contributed by atoms with Crippen LogP contribution in [-0.4, -0.2) is 26.2 Å². The third-order valence-corrected chi connectivity index (χ3v) is 3.46. The van der Waals surface area contributed by atoms with E-state index in [9.17, 15) is 27.9 Å². The van der Waals surface area contributed by atoms with Crippen molar-refractivity contribution in [1.29, 1.82) is 0 Å². The summed E-state index contributed by atoms with van der Waals surface area (Å²) < 4.78 is 38.3. The summed E-state index contributed by atoms with van der Waals surface area (Å²) in [5, 5.41) is 18.0. The Bertz CT molecular complexity index is 1020. The quantitative estimate of drug-likeness (QED) is 0.573. The van der Waals surface area contributed by atoms with E-state index in [1.165, 1.54) is 12.1 Å². The first-order chi connectivity index (χ1) is 12.2. The van der Waals surface area contributed by atoms with Gasteiger partial charge >= 0.3 is 11.9 Å². The maximum absolute atomic E-state index is 12.8. The molecule has 3 rings (SSSR count). The fourth-order valence-corrected chi connectivity index (χ4v) is 2.24. The van der Waals surface area contributed by atoms with Gasteiger partial charge in [0, 0.05) is 11.3 Å². The minimum absolute atomic E-state index is 0.230. The molecule has 0 aliphatic carbocycles. The average molecular weight is 364 g/mol. The van der Waals surface area contributed by atoms with Crippen molar-refractivity contribution in [3.63, 3.8) is 0 Å². The van der Waals surface area contributed by atoms with Gasteiger partial charge in [-0.15, -0.1) is 0 Å². The van der Waals surface area contributed by atoms with E-state index in [4.69, 9.17) is 0 Å². The first-order valence-electron chi connectivity index (χ1n) is 7.21. The van der Waals surface area contributed by atoms with Crippen LogP contribution in [0.3, 0.4) is 0 Å². The Morgan fingerprint density at radius 1 is 1.15 bits per heavy atom. The summed E-state index contributed by atoms with van der Waals surface area (Å²) in [6.07, 6.45) is -4.64. The van der Waals surface area contributed by atoms with Gasteiger partial charge in [-0.2, -0.15) is 18.3 Å². The average Bonchev–Trinajstić information content (AvgIpc) is 3.01. The molecule has 0 saturated carbocycles. The monoisotopic (exact) mass is 364 g/mol. The van der Waals surface area contributed by atoms with Gasteiger partial charge in [0.1, 0.15) is 5.75 Å². The predicted octanol–water partition coefficient (Wildman–Crippen LogP) is 2.74. The SMILES string of the molecule is O=C(Nc1cccc(-c2n[nH]c(=O)[nH]2)c1)c1cc(C(F)(F)F)ccc1O. The molecule has 0 spiro atoms. The van der Waals surface area contributed by atoms with Crippen LogP contribution < -0.4 is 11.0 Å². The number of halogens is 3. The highest BCUT2D eigenvalue weighted by molar-refractivity contribution is 6.06. The zero-order chi connectivity index (χ0) is 18.9. The van der Waals surface area contributed by atoms with Crippen LogP contribution in [0.4, 0.5) is 18.9 Å². The summed E-state index contributed by atoms with van der Waals surface area (Å²) in [6, 6.07) is 8.20. The van der Waals surface area contributed by atoms with E-state index < -0.39 is 34.6 Å². The van der Waals surface area contributed by atoms with Gasteiger partial charge in [0.25, 0.3) is 5.91 Å². The second-order valence-corrected chi connectivity index (χ2v) is 5.29. The molecule has 0 bridgehead atoms. The van der Waals surface area contributed by atoms with Crippen LogP contribution in [0, 0.1) is 0 Å². The molecule has 134 valence electrons. The van der Waals surface area contributed by atoms with Gasteiger partial charge in [-0.3, -0.25) is 9.78 Å². The fourth-order valence-electron chi connectivity index (χ4n) is 2.24. The molecule has 0 aliphatic rings. The van der Waals surface area contributed by atoms with Crippen LogP contribution in [0.25, 0.3) is 11.4 Å². The predicted molar refractivity (Wildman–Crippen MR) is 85.7 cm³/mol. The number of aromatic hydroxyl groups is 1. The van der Waals surface area contributed by atoms with Crippen molar-refractivity contribution in [3.8, 4) is 17.1 Å². The second-order valence-electron chi connectivity index (χ2n) is 5.29. The Kier molecular flexibility index (Phi) is 4.24. The lowest BCUT2D eigenvalue weighted by Gasteiger charge is -2.11. The lowest BCUT2D eigenvalue weighted by atomic mass is 10.1. The molecule has 1 heterocycles. The number of benzene rings is 2. The summed E-state index contributed by atoms with van der Waals surface area (Å²) >= 11 is 0. The van der Waals surface area contributed by atoms with Crippen molar-refractivity contribution in [2.45, 2.75) is 6.18 Å². The number of phenolic OH excluding ortho intramolecular Hbond substituents is 1. The molecule has 1 aromatic heterocycles. The fraction of sp³-hybridized carbons (Fsp3) is 0.0625. The second kappa shape index (κ2) is 6.39. The van der Waals surface area contributed by atoms with Crippen LogP contribution in [-0.2, 0) is 6.18 Å². The Balaban J connectivity index is 1.88. The summed E-state index contributed by atoms with van der Waals surface area (Å²) in [4.78, 5) is 25.8. The number of aromatic amines is 2. The third kappa shape index (κ3) is 3.58. The number of rotatable bonds is 3. The Labute approximate surface area is 143 Å². The zero-order valence-electron chi connectivity index (χ0n) is 12.9. The zero-order valence-corrected chi connectivity index (χ0v) is 12.9. The highest BCUT2D eigenvalue weighted by Crippen LogP contribution is 2.32. The largest absolute Gasteiger partial charge is 0.507 e. The number of amides is 1. The van der Waals surface area contributed by atoms with E-state index in [0.29, 0.717) is 17.7 Å². The topological polar surface area (TPSA) is 111 Å². The van der Waals surface area contributed by atoms with Crippen LogP contribution >= 0.6 is 0 Å². The van der Waals surface area contributed by atoms with Crippen molar-refractivity contribution in [2.24, 2.45) is 0 Å². The summed E-state index contributed by atoms with van der Waals surface area (Å²) in [5.74, 6) is -1.27. The van der Waals surface area contributed by atoms with Gasteiger partial charge < -0.3 is 10.4 Å². The number of anilines is 1. The minimum Gasteiger partial charge on any atom is -0.507 e. The van der Waals surface area contributed by atoms with Crippen molar-refractivity contribution < 1.29 is 23.1 Å². The molecule has 4 N–H and O–H groups in total. The standard InChI is InChI=1S/C16H11F3N4O3/c17-16(18,19)9-4-5-12(24)11(7-9)14(25)20-10-3-1-2-8(6-10)13-21-15(26)23-22-13/h1-7,24H,(H,20,25)(H2,21,22,23,26). The molecule has 0 unspecified atom stereocenters. The van der Waals surface area contributed by atoms with E-state index >= 15 is 0 Å². The maximum Gasteiger partial charge on any atom is 0.416 e. The Hall–Kier alpha value is -3.56. The normalized spacial score (nSPS) is 11.3. The number of hydrogen-bond acceptors (Lipinski definition) is 4. The van der Waals surface area contributed by atoms with Crippen molar-refractivity contribution in [3.05, 3.63) is 64.1 Å². The van der Waals surface area contributed by atoms with Crippen molar-refractivity contribution in [2.75, 3.05) is 5.32 Å². The molecule has 10 heteroatoms. The number of hydrogen-bond donors (Lipinski definition) is 4. The number of nitrogens with zero attached hydrogens (tertiary/aromatic N) is 1. The number of H-pyrrole nitrogens is 2. The smallest absolute Gasteiger partial charge is 0.416 e. The van der Waals surface area contributed by atoms with Crippen LogP contribution in [0.1, 0.15) is 15.9 Å². The number of phenols is 1. The highest BCUT2D eigenvalue weighted by atomic mass is 19.4. The summed E-state index contributed by atoms with van der Waals surface area (Å²) in [6.45, 7) is 0. The molecule has 2 aromatic carbocycles. The Morgan fingerprint density at radius 3 is 2.58 bits per heavy atom. The minimum atomic E-state index is -4.64. The molecule has 26 heavy (non-hydrogen) atoms. The summed E-state index contributed by atoms with van der Waals surface area (Å²) in [5.41, 5.74) is -1.37. The van der Waals surface area contributed by atoms with Gasteiger partial charge in [-0.25, -0.2) is 9.89 Å². The highest BCUT2D eigenvalue weighted by Gasteiger charge is 2.31. The number of alkyl halides is 3. The first-order valence-corrected chi connectivity index (χ1v) is 7.21. The lowest BCUT2D eigenvalue weighted by molar-refractivity contribution is -0.137. The molecule has 0 fully saturated rings. The lowest BCUT2D eigenvalue weighted by Crippen LogP contribution is -2.14. The van der Waals surface area contributed by atoms with Crippen LogP contribution in [0.2, 0.25) is 0 Å². The van der Waals surface area contributed by atoms with Crippen LogP contribution in [0.5, 0.6) is 5.75 Å². The molecule has 0 saturated heterocycles. The van der Waals surface area contributed by atoms with Crippen molar-refractivity contribution >= 4 is 11.6 Å². The molecule has 1 amide bonds. The van der Waals surface area contributed by atoms with Gasteiger partial charge in [-0.1, -0.05) is 12.1 Å². The number of nitrogens with one attached hydrogen (secondary N) is 3. The maximum atomic E-state index is 12.8. The molecular weight excluding hydrogens is 353 g/mol. The van der Waals surface area contributed by atoms with E-state index in [0.717, 1.165) is 6.07 Å². The summed E-state index contributed by atoms with van der Waals surface area (Å²) in [7, 11) is 0. The molecule has 3 aromatic rings.